The van der Waals surface area contributed by atoms with Crippen LogP contribution >= 0.6 is 11.3 Å². The summed E-state index contributed by atoms with van der Waals surface area (Å²) in [6.45, 7) is 0. The van der Waals surface area contributed by atoms with E-state index in [1.807, 2.05) is 0 Å². The van der Waals surface area contributed by atoms with Crippen LogP contribution < -0.4 is 4.72 Å². The van der Waals surface area contributed by atoms with Crippen molar-refractivity contribution in [2.75, 3.05) is 4.72 Å². The van der Waals surface area contributed by atoms with Crippen LogP contribution in [0.3, 0.4) is 0 Å². The van der Waals surface area contributed by atoms with Crippen LogP contribution in [0.5, 0.6) is 0 Å². The summed E-state index contributed by atoms with van der Waals surface area (Å²) in [5.41, 5.74) is 1.13. The van der Waals surface area contributed by atoms with E-state index in [4.69, 9.17) is 9.05 Å². The van der Waals surface area contributed by atoms with Gasteiger partial charge in [-0.3, -0.25) is 4.72 Å². The summed E-state index contributed by atoms with van der Waals surface area (Å²) < 4.78 is 37.5. The molecule has 26 heavy (non-hydrogen) atoms. The predicted octanol–water partition coefficient (Wildman–Crippen LogP) is 3.18. The number of rotatable bonds is 6. The van der Waals surface area contributed by atoms with E-state index in [1.54, 1.807) is 54.0 Å². The lowest BCUT2D eigenvalue weighted by molar-refractivity contribution is 0.382. The first-order chi connectivity index (χ1) is 12.6. The Labute approximate surface area is 152 Å². The van der Waals surface area contributed by atoms with Gasteiger partial charge in [0.05, 0.1) is 12.6 Å². The Morgan fingerprint density at radius 3 is 2.62 bits per heavy atom. The van der Waals surface area contributed by atoms with Crippen molar-refractivity contribution in [1.82, 2.24) is 15.3 Å². The van der Waals surface area contributed by atoms with Crippen LogP contribution in [0.25, 0.3) is 11.5 Å². The molecule has 132 valence electrons. The third kappa shape index (κ3) is 3.51. The molecule has 0 aliphatic heterocycles. The summed E-state index contributed by atoms with van der Waals surface area (Å²) in [6.07, 6.45) is 1.93. The molecule has 0 amide bonds. The SMILES string of the molecule is O=S(=O)(Nc1ccc(-c2nc(Cc3ccno3)no2)cc1)c1cccs1. The Kier molecular flexibility index (Phi) is 4.27. The molecule has 0 aliphatic carbocycles. The largest absolute Gasteiger partial charge is 0.361 e. The van der Waals surface area contributed by atoms with E-state index in [0.29, 0.717) is 35.1 Å². The van der Waals surface area contributed by atoms with Gasteiger partial charge in [-0.1, -0.05) is 16.4 Å². The normalized spacial score (nSPS) is 11.5. The molecule has 1 aromatic carbocycles. The fourth-order valence-corrected chi connectivity index (χ4v) is 4.29. The molecule has 0 spiro atoms. The number of thiophene rings is 1. The van der Waals surface area contributed by atoms with E-state index in [-0.39, 0.29) is 4.21 Å². The minimum atomic E-state index is -3.57. The molecule has 0 saturated carbocycles. The van der Waals surface area contributed by atoms with E-state index in [9.17, 15) is 8.42 Å². The number of nitrogens with one attached hydrogen (secondary N) is 1. The number of benzene rings is 1. The maximum Gasteiger partial charge on any atom is 0.271 e. The van der Waals surface area contributed by atoms with Crippen LogP contribution in [0.2, 0.25) is 0 Å². The van der Waals surface area contributed by atoms with Crippen molar-refractivity contribution < 1.29 is 17.5 Å². The molecule has 10 heteroatoms. The van der Waals surface area contributed by atoms with Gasteiger partial charge >= 0.3 is 0 Å². The number of anilines is 1. The van der Waals surface area contributed by atoms with Gasteiger partial charge in [0.25, 0.3) is 15.9 Å². The van der Waals surface area contributed by atoms with Crippen molar-refractivity contribution in [2.24, 2.45) is 0 Å². The fourth-order valence-electron chi connectivity index (χ4n) is 2.23. The summed E-state index contributed by atoms with van der Waals surface area (Å²) in [4.78, 5) is 4.30. The zero-order valence-corrected chi connectivity index (χ0v) is 14.8. The van der Waals surface area contributed by atoms with Gasteiger partial charge in [0.2, 0.25) is 0 Å². The molecular formula is C16H12N4O4S2. The highest BCUT2D eigenvalue weighted by molar-refractivity contribution is 7.94. The van der Waals surface area contributed by atoms with Crippen LogP contribution in [-0.2, 0) is 16.4 Å². The van der Waals surface area contributed by atoms with Gasteiger partial charge in [0.15, 0.2) is 5.82 Å². The van der Waals surface area contributed by atoms with Crippen molar-refractivity contribution >= 4 is 27.0 Å². The smallest absolute Gasteiger partial charge is 0.271 e. The van der Waals surface area contributed by atoms with E-state index in [2.05, 4.69) is 20.0 Å². The summed E-state index contributed by atoms with van der Waals surface area (Å²) >= 11 is 1.16. The molecule has 0 radical (unpaired) electrons. The minimum Gasteiger partial charge on any atom is -0.361 e. The quantitative estimate of drug-likeness (QED) is 0.540. The number of hydrogen-bond acceptors (Lipinski definition) is 8. The maximum absolute atomic E-state index is 12.2. The summed E-state index contributed by atoms with van der Waals surface area (Å²) in [5.74, 6) is 1.45. The first-order valence-electron chi connectivity index (χ1n) is 7.49. The molecule has 4 rings (SSSR count). The Bertz CT molecular complexity index is 1090. The van der Waals surface area contributed by atoms with Gasteiger partial charge in [0.1, 0.15) is 9.97 Å². The van der Waals surface area contributed by atoms with Crippen LogP contribution in [0.1, 0.15) is 11.6 Å². The molecule has 0 atom stereocenters. The Balaban J connectivity index is 1.49. The number of aromatic nitrogens is 3. The second-order valence-electron chi connectivity index (χ2n) is 5.29. The van der Waals surface area contributed by atoms with Gasteiger partial charge in [-0.2, -0.15) is 4.98 Å². The van der Waals surface area contributed by atoms with Gasteiger partial charge < -0.3 is 9.05 Å². The highest BCUT2D eigenvalue weighted by Gasteiger charge is 2.16. The second kappa shape index (κ2) is 6.73. The zero-order valence-electron chi connectivity index (χ0n) is 13.2. The molecule has 1 N–H and O–H groups in total. The molecular weight excluding hydrogens is 376 g/mol. The van der Waals surface area contributed by atoms with E-state index in [1.165, 1.54) is 0 Å². The summed E-state index contributed by atoms with van der Waals surface area (Å²) in [6, 6.07) is 11.7. The lowest BCUT2D eigenvalue weighted by Crippen LogP contribution is -2.11. The molecule has 0 bridgehead atoms. The highest BCUT2D eigenvalue weighted by Crippen LogP contribution is 2.23. The molecule has 3 aromatic heterocycles. The number of hydrogen-bond donors (Lipinski definition) is 1. The van der Waals surface area contributed by atoms with E-state index < -0.39 is 10.0 Å². The third-order valence-corrected chi connectivity index (χ3v) is 6.21. The van der Waals surface area contributed by atoms with Crippen LogP contribution in [0.4, 0.5) is 5.69 Å². The second-order valence-corrected chi connectivity index (χ2v) is 8.14. The van der Waals surface area contributed by atoms with Crippen molar-refractivity contribution in [2.45, 2.75) is 10.6 Å². The van der Waals surface area contributed by atoms with Crippen LogP contribution in [-0.4, -0.2) is 23.7 Å². The van der Waals surface area contributed by atoms with Crippen molar-refractivity contribution in [3.8, 4) is 11.5 Å². The average Bonchev–Trinajstić information content (AvgIpc) is 3.39. The molecule has 4 aromatic rings. The van der Waals surface area contributed by atoms with Crippen LogP contribution in [0.15, 0.2) is 67.3 Å². The Hall–Kier alpha value is -2.98. The maximum atomic E-state index is 12.2. The van der Waals surface area contributed by atoms with Crippen molar-refractivity contribution in [3.05, 3.63) is 65.6 Å². The number of nitrogens with zero attached hydrogens (tertiary/aromatic N) is 3. The van der Waals surface area contributed by atoms with Crippen molar-refractivity contribution in [3.63, 3.8) is 0 Å². The summed E-state index contributed by atoms with van der Waals surface area (Å²) in [5, 5.41) is 9.24. The van der Waals surface area contributed by atoms with Gasteiger partial charge in [-0.05, 0) is 35.7 Å². The topological polar surface area (TPSA) is 111 Å². The van der Waals surface area contributed by atoms with Crippen LogP contribution in [0, 0.1) is 0 Å². The monoisotopic (exact) mass is 388 g/mol. The molecule has 8 nitrogen and oxygen atoms in total. The lowest BCUT2D eigenvalue weighted by atomic mass is 10.2. The fraction of sp³-hybridized carbons (Fsp3) is 0.0625. The van der Waals surface area contributed by atoms with E-state index in [0.717, 1.165) is 11.3 Å². The van der Waals surface area contributed by atoms with Gasteiger partial charge in [-0.15, -0.1) is 11.3 Å². The molecule has 0 fully saturated rings. The molecule has 3 heterocycles. The minimum absolute atomic E-state index is 0.260. The first-order valence-corrected chi connectivity index (χ1v) is 9.85. The standard InChI is InChI=1S/C16H12N4O4S2/c21-26(22,15-2-1-9-25-15)20-12-5-3-11(4-6-12)16-18-14(19-24-16)10-13-7-8-17-23-13/h1-9,20H,10H2. The predicted molar refractivity (Wildman–Crippen MR) is 94.2 cm³/mol. The zero-order chi connectivity index (χ0) is 18.0. The molecule has 0 unspecified atom stereocenters. The summed E-state index contributed by atoms with van der Waals surface area (Å²) in [7, 11) is -3.57. The molecule has 0 aliphatic rings. The Morgan fingerprint density at radius 2 is 1.92 bits per heavy atom. The first kappa shape index (κ1) is 16.5. The number of sulfonamides is 1. The van der Waals surface area contributed by atoms with Crippen molar-refractivity contribution in [1.29, 1.82) is 0 Å². The van der Waals surface area contributed by atoms with E-state index >= 15 is 0 Å². The van der Waals surface area contributed by atoms with Gasteiger partial charge in [0, 0.05) is 17.3 Å². The van der Waals surface area contributed by atoms with Gasteiger partial charge in [-0.25, -0.2) is 8.42 Å². The highest BCUT2D eigenvalue weighted by atomic mass is 32.2. The lowest BCUT2D eigenvalue weighted by Gasteiger charge is -2.06. The molecule has 0 saturated heterocycles. The third-order valence-electron chi connectivity index (χ3n) is 3.44. The average molecular weight is 388 g/mol. The Morgan fingerprint density at radius 1 is 1.08 bits per heavy atom.